The van der Waals surface area contributed by atoms with Gasteiger partial charge in [-0.15, -0.1) is 11.6 Å². The van der Waals surface area contributed by atoms with Crippen LogP contribution in [0.1, 0.15) is 31.2 Å². The number of hydrogen-bond donors (Lipinski definition) is 0. The zero-order valence-electron chi connectivity index (χ0n) is 10.6. The van der Waals surface area contributed by atoms with Gasteiger partial charge in [-0.25, -0.2) is 0 Å². The Labute approximate surface area is 114 Å². The Bertz CT molecular complexity index is 375. The maximum absolute atomic E-state index is 12.3. The van der Waals surface area contributed by atoms with E-state index in [1.807, 2.05) is 35.2 Å². The molecule has 1 fully saturated rings. The van der Waals surface area contributed by atoms with Crippen molar-refractivity contribution in [1.29, 1.82) is 0 Å². The molecule has 0 aliphatic heterocycles. The first-order valence-electron chi connectivity index (χ1n) is 6.70. The van der Waals surface area contributed by atoms with Crippen molar-refractivity contribution in [2.75, 3.05) is 12.4 Å². The van der Waals surface area contributed by atoms with Gasteiger partial charge in [0.2, 0.25) is 5.91 Å². The molecule has 0 bridgehead atoms. The maximum atomic E-state index is 12.3. The highest BCUT2D eigenvalue weighted by Crippen LogP contribution is 2.25. The Balaban J connectivity index is 1.94. The molecule has 2 rings (SSSR count). The first kappa shape index (κ1) is 13.4. The molecule has 1 aromatic rings. The number of carbonyl (C=O) groups excluding carboxylic acids is 1. The summed E-state index contributed by atoms with van der Waals surface area (Å²) in [5, 5.41) is 0. The van der Waals surface area contributed by atoms with Crippen molar-refractivity contribution in [3.63, 3.8) is 0 Å². The van der Waals surface area contributed by atoms with Crippen molar-refractivity contribution in [2.45, 2.75) is 38.1 Å². The van der Waals surface area contributed by atoms with Gasteiger partial charge in [-0.1, -0.05) is 30.3 Å². The fourth-order valence-corrected chi connectivity index (χ4v) is 2.43. The molecule has 0 N–H and O–H groups in total. The van der Waals surface area contributed by atoms with E-state index in [1.54, 1.807) is 0 Å². The van der Waals surface area contributed by atoms with Gasteiger partial charge >= 0.3 is 0 Å². The normalized spacial score (nSPS) is 15.2. The summed E-state index contributed by atoms with van der Waals surface area (Å²) >= 11 is 5.74. The highest BCUT2D eigenvalue weighted by Gasteiger charge is 2.27. The number of amides is 1. The Morgan fingerprint density at radius 3 is 2.56 bits per heavy atom. The largest absolute Gasteiger partial charge is 0.339 e. The third-order valence-electron chi connectivity index (χ3n) is 3.57. The van der Waals surface area contributed by atoms with Crippen LogP contribution in [0, 0.1) is 0 Å². The molecule has 0 spiro atoms. The van der Waals surface area contributed by atoms with Crippen LogP contribution in [0.15, 0.2) is 30.3 Å². The number of benzene rings is 1. The van der Waals surface area contributed by atoms with Gasteiger partial charge in [0.1, 0.15) is 0 Å². The van der Waals surface area contributed by atoms with E-state index in [0.717, 1.165) is 31.4 Å². The summed E-state index contributed by atoms with van der Waals surface area (Å²) in [6.07, 6.45) is 4.96. The molecule has 18 heavy (non-hydrogen) atoms. The smallest absolute Gasteiger partial charge is 0.227 e. The number of halogens is 1. The van der Waals surface area contributed by atoms with Gasteiger partial charge in [-0.2, -0.15) is 0 Å². The van der Waals surface area contributed by atoms with Gasteiger partial charge in [0.05, 0.1) is 6.42 Å². The van der Waals surface area contributed by atoms with Crippen LogP contribution in [0.3, 0.4) is 0 Å². The van der Waals surface area contributed by atoms with Gasteiger partial charge in [0.15, 0.2) is 0 Å². The third-order valence-corrected chi connectivity index (χ3v) is 3.83. The molecule has 1 aromatic carbocycles. The van der Waals surface area contributed by atoms with E-state index in [9.17, 15) is 4.79 Å². The van der Waals surface area contributed by atoms with E-state index >= 15 is 0 Å². The standard InChI is InChI=1S/C15H20ClNO/c16-10-5-11-17(14-8-4-9-14)15(18)12-13-6-2-1-3-7-13/h1-3,6-7,14H,4-5,8-12H2. The van der Waals surface area contributed by atoms with E-state index < -0.39 is 0 Å². The second kappa shape index (κ2) is 6.79. The molecule has 0 heterocycles. The number of nitrogens with zero attached hydrogens (tertiary/aromatic N) is 1. The summed E-state index contributed by atoms with van der Waals surface area (Å²) < 4.78 is 0. The molecule has 2 nitrogen and oxygen atoms in total. The van der Waals surface area contributed by atoms with Crippen LogP contribution in [0.4, 0.5) is 0 Å². The van der Waals surface area contributed by atoms with Gasteiger partial charge in [0.25, 0.3) is 0 Å². The lowest BCUT2D eigenvalue weighted by molar-refractivity contribution is -0.134. The topological polar surface area (TPSA) is 20.3 Å². The lowest BCUT2D eigenvalue weighted by Crippen LogP contribution is -2.45. The van der Waals surface area contributed by atoms with E-state index in [1.165, 1.54) is 6.42 Å². The van der Waals surface area contributed by atoms with Crippen LogP contribution in [0.2, 0.25) is 0 Å². The minimum atomic E-state index is 0.246. The fourth-order valence-electron chi connectivity index (χ4n) is 2.31. The quantitative estimate of drug-likeness (QED) is 0.723. The van der Waals surface area contributed by atoms with Crippen LogP contribution in [-0.4, -0.2) is 29.3 Å². The van der Waals surface area contributed by atoms with Crippen molar-refractivity contribution in [3.8, 4) is 0 Å². The second-order valence-corrected chi connectivity index (χ2v) is 5.25. The molecule has 1 aliphatic rings. The van der Waals surface area contributed by atoms with E-state index in [-0.39, 0.29) is 5.91 Å². The molecule has 0 saturated heterocycles. The average molecular weight is 266 g/mol. The molecule has 1 aliphatic carbocycles. The molecule has 98 valence electrons. The Morgan fingerprint density at radius 2 is 2.00 bits per heavy atom. The molecule has 1 amide bonds. The Morgan fingerprint density at radius 1 is 1.28 bits per heavy atom. The third kappa shape index (κ3) is 3.49. The molecular weight excluding hydrogens is 246 g/mol. The molecule has 3 heteroatoms. The zero-order valence-corrected chi connectivity index (χ0v) is 11.4. The van der Waals surface area contributed by atoms with E-state index in [4.69, 9.17) is 11.6 Å². The van der Waals surface area contributed by atoms with Crippen LogP contribution in [0.5, 0.6) is 0 Å². The first-order chi connectivity index (χ1) is 8.81. The summed E-state index contributed by atoms with van der Waals surface area (Å²) in [6.45, 7) is 0.805. The zero-order chi connectivity index (χ0) is 12.8. The maximum Gasteiger partial charge on any atom is 0.227 e. The number of rotatable bonds is 6. The summed E-state index contributed by atoms with van der Waals surface area (Å²) in [5.41, 5.74) is 1.10. The lowest BCUT2D eigenvalue weighted by Gasteiger charge is -2.37. The first-order valence-corrected chi connectivity index (χ1v) is 7.24. The van der Waals surface area contributed by atoms with Crippen LogP contribution >= 0.6 is 11.6 Å². The average Bonchev–Trinajstić information content (AvgIpc) is 2.33. The fraction of sp³-hybridized carbons (Fsp3) is 0.533. The van der Waals surface area contributed by atoms with Gasteiger partial charge in [0, 0.05) is 18.5 Å². The van der Waals surface area contributed by atoms with E-state index in [0.29, 0.717) is 18.3 Å². The summed E-state index contributed by atoms with van der Waals surface area (Å²) in [7, 11) is 0. The van der Waals surface area contributed by atoms with Crippen LogP contribution in [0.25, 0.3) is 0 Å². The minimum absolute atomic E-state index is 0.246. The molecule has 0 aromatic heterocycles. The van der Waals surface area contributed by atoms with Gasteiger partial charge in [-0.05, 0) is 31.2 Å². The summed E-state index contributed by atoms with van der Waals surface area (Å²) in [6, 6.07) is 10.4. The van der Waals surface area contributed by atoms with Crippen molar-refractivity contribution in [1.82, 2.24) is 4.90 Å². The van der Waals surface area contributed by atoms with Gasteiger partial charge in [-0.3, -0.25) is 4.79 Å². The van der Waals surface area contributed by atoms with E-state index in [2.05, 4.69) is 0 Å². The molecule has 0 unspecified atom stereocenters. The Kier molecular flexibility index (Phi) is 5.06. The minimum Gasteiger partial charge on any atom is -0.339 e. The van der Waals surface area contributed by atoms with Crippen molar-refractivity contribution in [3.05, 3.63) is 35.9 Å². The van der Waals surface area contributed by atoms with Crippen LogP contribution < -0.4 is 0 Å². The summed E-state index contributed by atoms with van der Waals surface area (Å²) in [5.74, 6) is 0.873. The Hall–Kier alpha value is -1.02. The second-order valence-electron chi connectivity index (χ2n) is 4.88. The highest BCUT2D eigenvalue weighted by atomic mass is 35.5. The monoisotopic (exact) mass is 265 g/mol. The predicted molar refractivity (Wildman–Crippen MR) is 74.8 cm³/mol. The highest BCUT2D eigenvalue weighted by molar-refractivity contribution is 6.17. The van der Waals surface area contributed by atoms with Crippen molar-refractivity contribution in [2.24, 2.45) is 0 Å². The lowest BCUT2D eigenvalue weighted by atomic mass is 9.91. The number of carbonyl (C=O) groups is 1. The molecular formula is C15H20ClNO. The molecule has 1 saturated carbocycles. The molecule has 0 atom stereocenters. The molecule has 0 radical (unpaired) electrons. The predicted octanol–water partition coefficient (Wildman–Crippen LogP) is 3.24. The SMILES string of the molecule is O=C(Cc1ccccc1)N(CCCCl)C1CCC1. The van der Waals surface area contributed by atoms with Gasteiger partial charge < -0.3 is 4.90 Å². The number of hydrogen-bond acceptors (Lipinski definition) is 1. The number of alkyl halides is 1. The van der Waals surface area contributed by atoms with Crippen molar-refractivity contribution >= 4 is 17.5 Å². The summed E-state index contributed by atoms with van der Waals surface area (Å²) in [4.78, 5) is 14.4. The van der Waals surface area contributed by atoms with Crippen molar-refractivity contribution < 1.29 is 4.79 Å². The van der Waals surface area contributed by atoms with Crippen LogP contribution in [-0.2, 0) is 11.2 Å².